The van der Waals surface area contributed by atoms with Crippen LogP contribution in [0.4, 0.5) is 11.5 Å². The number of aromatic amines is 1. The molecule has 9 heteroatoms. The number of amides is 1. The van der Waals surface area contributed by atoms with Gasteiger partial charge >= 0.3 is 5.69 Å². The van der Waals surface area contributed by atoms with Crippen molar-refractivity contribution in [3.63, 3.8) is 0 Å². The molecule has 1 amide bonds. The van der Waals surface area contributed by atoms with Gasteiger partial charge in [-0.15, -0.1) is 0 Å². The first-order valence-corrected chi connectivity index (χ1v) is 10.5. The number of hydrogen-bond donors (Lipinski definition) is 2. The lowest BCUT2D eigenvalue weighted by Crippen LogP contribution is -2.41. The fourth-order valence-electron chi connectivity index (χ4n) is 3.38. The number of carbonyl (C=O) groups excluding carboxylic acids is 1. The topological polar surface area (TPSA) is 110 Å². The third-order valence-corrected chi connectivity index (χ3v) is 5.42. The molecule has 3 aromatic rings. The number of rotatable bonds is 9. The van der Waals surface area contributed by atoms with Crippen molar-refractivity contribution in [2.45, 2.75) is 25.9 Å². The lowest BCUT2D eigenvalue weighted by atomic mass is 10.1. The van der Waals surface area contributed by atoms with Crippen molar-refractivity contribution in [2.75, 3.05) is 24.4 Å². The Morgan fingerprint density at radius 1 is 1.12 bits per heavy atom. The zero-order chi connectivity index (χ0) is 23.1. The Kier molecular flexibility index (Phi) is 7.86. The maximum absolute atomic E-state index is 13.3. The van der Waals surface area contributed by atoms with Gasteiger partial charge in [0.15, 0.2) is 5.69 Å². The number of H-pyrrole nitrogens is 1. The second-order valence-electron chi connectivity index (χ2n) is 7.19. The molecule has 0 bridgehead atoms. The second-order valence-corrected chi connectivity index (χ2v) is 7.60. The van der Waals surface area contributed by atoms with Gasteiger partial charge in [-0.25, -0.2) is 4.79 Å². The van der Waals surface area contributed by atoms with Gasteiger partial charge in [0.2, 0.25) is 5.91 Å². The molecule has 32 heavy (non-hydrogen) atoms. The van der Waals surface area contributed by atoms with Crippen molar-refractivity contribution in [3.05, 3.63) is 91.6 Å². The van der Waals surface area contributed by atoms with Crippen LogP contribution in [0.5, 0.6) is 0 Å². The zero-order valence-corrected chi connectivity index (χ0v) is 18.5. The average Bonchev–Trinajstić information content (AvgIpc) is 2.78. The fraction of sp³-hybridized carbons (Fsp3) is 0.261. The minimum Gasteiger partial charge on any atom is -0.383 e. The van der Waals surface area contributed by atoms with E-state index in [4.69, 9.17) is 22.1 Å². The summed E-state index contributed by atoms with van der Waals surface area (Å²) in [5.41, 5.74) is 6.43. The Hall–Kier alpha value is -3.36. The number of aryl methyl sites for hydroxylation is 1. The molecule has 168 valence electrons. The summed E-state index contributed by atoms with van der Waals surface area (Å²) in [5, 5.41) is 0.570. The number of nitrogen functional groups attached to an aromatic ring is 1. The van der Waals surface area contributed by atoms with Gasteiger partial charge < -0.3 is 15.4 Å². The first-order chi connectivity index (χ1) is 15.4. The highest BCUT2D eigenvalue weighted by Gasteiger charge is 2.24. The number of carbonyl (C=O) groups is 1. The average molecular weight is 457 g/mol. The summed E-state index contributed by atoms with van der Waals surface area (Å²) in [6.07, 6.45) is 0.498. The van der Waals surface area contributed by atoms with E-state index in [9.17, 15) is 14.4 Å². The van der Waals surface area contributed by atoms with Crippen molar-refractivity contribution in [2.24, 2.45) is 0 Å². The van der Waals surface area contributed by atoms with Crippen LogP contribution in [0.15, 0.2) is 64.2 Å². The smallest absolute Gasteiger partial charge is 0.330 e. The van der Waals surface area contributed by atoms with Crippen molar-refractivity contribution >= 4 is 29.0 Å². The molecule has 0 unspecified atom stereocenters. The van der Waals surface area contributed by atoms with Crippen LogP contribution in [0, 0.1) is 0 Å². The molecule has 2 aromatic carbocycles. The minimum atomic E-state index is -0.719. The van der Waals surface area contributed by atoms with Crippen molar-refractivity contribution in [1.82, 2.24) is 9.55 Å². The Labute approximate surface area is 190 Å². The molecule has 0 aliphatic rings. The molecule has 0 aliphatic carbocycles. The van der Waals surface area contributed by atoms with Gasteiger partial charge in [-0.05, 0) is 23.6 Å². The zero-order valence-electron chi connectivity index (χ0n) is 17.7. The number of benzene rings is 2. The predicted octanol–water partition coefficient (Wildman–Crippen LogP) is 2.58. The number of aromatic nitrogens is 2. The Balaban J connectivity index is 1.99. The second kappa shape index (κ2) is 10.8. The molecule has 0 atom stereocenters. The van der Waals surface area contributed by atoms with Gasteiger partial charge in [-0.1, -0.05) is 60.1 Å². The molecule has 0 fully saturated rings. The van der Waals surface area contributed by atoms with Gasteiger partial charge in [0.05, 0.1) is 19.7 Å². The van der Waals surface area contributed by atoms with E-state index in [1.54, 1.807) is 6.07 Å². The van der Waals surface area contributed by atoms with Crippen LogP contribution in [0.3, 0.4) is 0 Å². The van der Waals surface area contributed by atoms with Gasteiger partial charge in [-0.2, -0.15) is 0 Å². The van der Waals surface area contributed by atoms with E-state index in [2.05, 4.69) is 4.98 Å². The molecule has 1 aromatic heterocycles. The maximum atomic E-state index is 13.3. The monoisotopic (exact) mass is 456 g/mol. The third-order valence-electron chi connectivity index (χ3n) is 5.05. The number of anilines is 2. The van der Waals surface area contributed by atoms with E-state index in [-0.39, 0.29) is 43.5 Å². The van der Waals surface area contributed by atoms with Crippen LogP contribution in [0.2, 0.25) is 5.02 Å². The number of nitrogens with zero attached hydrogens (tertiary/aromatic N) is 2. The Morgan fingerprint density at radius 2 is 1.81 bits per heavy atom. The van der Waals surface area contributed by atoms with E-state index in [1.165, 1.54) is 16.6 Å². The summed E-state index contributed by atoms with van der Waals surface area (Å²) in [6.45, 7) is 0.477. The molecular formula is C23H25ClN4O4. The molecule has 0 saturated heterocycles. The first kappa shape index (κ1) is 23.3. The number of methoxy groups -OCH3 is 1. The first-order valence-electron chi connectivity index (χ1n) is 10.1. The number of halogens is 1. The van der Waals surface area contributed by atoms with E-state index in [1.807, 2.05) is 48.5 Å². The minimum absolute atomic E-state index is 0.0614. The van der Waals surface area contributed by atoms with Crippen LogP contribution in [0.1, 0.15) is 17.5 Å². The molecule has 3 N–H and O–H groups in total. The van der Waals surface area contributed by atoms with E-state index < -0.39 is 11.2 Å². The van der Waals surface area contributed by atoms with Crippen molar-refractivity contribution < 1.29 is 9.53 Å². The van der Waals surface area contributed by atoms with Crippen molar-refractivity contribution in [1.29, 1.82) is 0 Å². The normalized spacial score (nSPS) is 10.8. The molecule has 1 heterocycles. The Morgan fingerprint density at radius 3 is 2.50 bits per heavy atom. The quantitative estimate of drug-likeness (QED) is 0.514. The molecule has 0 saturated carbocycles. The van der Waals surface area contributed by atoms with Crippen molar-refractivity contribution in [3.8, 4) is 0 Å². The Bertz CT molecular complexity index is 1190. The van der Waals surface area contributed by atoms with Gasteiger partial charge in [-0.3, -0.25) is 19.1 Å². The van der Waals surface area contributed by atoms with E-state index in [0.29, 0.717) is 11.4 Å². The van der Waals surface area contributed by atoms with Crippen LogP contribution >= 0.6 is 11.6 Å². The van der Waals surface area contributed by atoms with Crippen LogP contribution < -0.4 is 21.9 Å². The molecule has 3 rings (SSSR count). The predicted molar refractivity (Wildman–Crippen MR) is 125 cm³/mol. The third kappa shape index (κ3) is 5.46. The summed E-state index contributed by atoms with van der Waals surface area (Å²) in [6, 6.07) is 16.5. The molecule has 0 radical (unpaired) electrons. The maximum Gasteiger partial charge on any atom is 0.330 e. The molecule has 0 spiro atoms. The summed E-state index contributed by atoms with van der Waals surface area (Å²) < 4.78 is 6.22. The highest BCUT2D eigenvalue weighted by molar-refractivity contribution is 6.31. The number of nitrogens with one attached hydrogen (secondary N) is 1. The van der Waals surface area contributed by atoms with Gasteiger partial charge in [0.25, 0.3) is 5.56 Å². The van der Waals surface area contributed by atoms with Crippen LogP contribution in [0.25, 0.3) is 0 Å². The van der Waals surface area contributed by atoms with Crippen LogP contribution in [-0.2, 0) is 29.0 Å². The lowest BCUT2D eigenvalue weighted by molar-refractivity contribution is -0.118. The fourth-order valence-corrected chi connectivity index (χ4v) is 3.61. The molecular weight excluding hydrogens is 432 g/mol. The standard InChI is InChI=1S/C23H25ClN4O4/c1-32-14-13-27-21(25)20(22(30)26-23(27)31)28(15-16-7-3-2-4-8-16)19(29)12-11-17-9-5-6-10-18(17)24/h2-10H,11-15,25H2,1H3,(H,26,30,31). The highest BCUT2D eigenvalue weighted by atomic mass is 35.5. The molecule has 0 aliphatic heterocycles. The largest absolute Gasteiger partial charge is 0.383 e. The van der Waals surface area contributed by atoms with E-state index in [0.717, 1.165) is 11.1 Å². The summed E-state index contributed by atoms with van der Waals surface area (Å²) in [4.78, 5) is 41.9. The van der Waals surface area contributed by atoms with E-state index >= 15 is 0 Å². The number of ether oxygens (including phenoxy) is 1. The summed E-state index contributed by atoms with van der Waals surface area (Å²) >= 11 is 6.22. The van der Waals surface area contributed by atoms with Gasteiger partial charge in [0.1, 0.15) is 5.82 Å². The number of hydrogen-bond acceptors (Lipinski definition) is 5. The lowest BCUT2D eigenvalue weighted by Gasteiger charge is -2.25. The highest BCUT2D eigenvalue weighted by Crippen LogP contribution is 2.22. The van der Waals surface area contributed by atoms with Crippen LogP contribution in [-0.4, -0.2) is 29.2 Å². The molecule has 8 nitrogen and oxygen atoms in total. The van der Waals surface area contributed by atoms with Gasteiger partial charge in [0, 0.05) is 18.6 Å². The SMILES string of the molecule is COCCn1c(N)c(N(Cc2ccccc2)C(=O)CCc2ccccc2Cl)c(=O)[nH]c1=O. The summed E-state index contributed by atoms with van der Waals surface area (Å²) in [5.74, 6) is -0.402. The summed E-state index contributed by atoms with van der Waals surface area (Å²) in [7, 11) is 1.49. The number of nitrogens with two attached hydrogens (primary N) is 1.